The van der Waals surface area contributed by atoms with Gasteiger partial charge in [-0.05, 0) is 61.4 Å². The summed E-state index contributed by atoms with van der Waals surface area (Å²) in [7, 11) is 1.34. The van der Waals surface area contributed by atoms with Gasteiger partial charge in [-0.15, -0.1) is 0 Å². The van der Waals surface area contributed by atoms with E-state index in [0.29, 0.717) is 11.3 Å². The second kappa shape index (κ2) is 9.22. The van der Waals surface area contributed by atoms with Gasteiger partial charge in [0.2, 0.25) is 0 Å². The van der Waals surface area contributed by atoms with Gasteiger partial charge in [-0.25, -0.2) is 9.18 Å². The number of methoxy groups -OCH3 is 1. The van der Waals surface area contributed by atoms with Gasteiger partial charge in [0.1, 0.15) is 0 Å². The first-order valence-electron chi connectivity index (χ1n) is 9.37. The summed E-state index contributed by atoms with van der Waals surface area (Å²) in [5.41, 5.74) is 4.03. The lowest BCUT2D eigenvalue weighted by Gasteiger charge is -2.14. The molecule has 3 rings (SSSR count). The van der Waals surface area contributed by atoms with E-state index in [0.717, 1.165) is 22.9 Å². The Labute approximate surface area is 174 Å². The minimum atomic E-state index is -0.655. The molecule has 0 saturated heterocycles. The van der Waals surface area contributed by atoms with Crippen LogP contribution < -0.4 is 10.1 Å². The fraction of sp³-hybridized carbons (Fsp3) is 0.167. The van der Waals surface area contributed by atoms with E-state index in [1.807, 2.05) is 32.0 Å². The van der Waals surface area contributed by atoms with E-state index < -0.39 is 24.2 Å². The predicted octanol–water partition coefficient (Wildman–Crippen LogP) is 5.23. The highest BCUT2D eigenvalue weighted by atomic mass is 19.1. The first kappa shape index (κ1) is 21.0. The molecule has 0 amide bonds. The molecule has 0 heterocycles. The molecule has 154 valence electrons. The van der Waals surface area contributed by atoms with Crippen molar-refractivity contribution in [3.8, 4) is 5.75 Å². The monoisotopic (exact) mass is 407 g/mol. The van der Waals surface area contributed by atoms with Crippen molar-refractivity contribution in [2.45, 2.75) is 13.8 Å². The molecule has 6 heteroatoms. The molecular formula is C24H22FNO4. The van der Waals surface area contributed by atoms with E-state index in [1.165, 1.54) is 19.2 Å². The molecule has 0 aliphatic carbocycles. The van der Waals surface area contributed by atoms with Crippen LogP contribution in [0.25, 0.3) is 0 Å². The van der Waals surface area contributed by atoms with Crippen LogP contribution in [0, 0.1) is 19.7 Å². The predicted molar refractivity (Wildman–Crippen MR) is 113 cm³/mol. The van der Waals surface area contributed by atoms with Crippen LogP contribution in [-0.4, -0.2) is 25.5 Å². The molecular weight excluding hydrogens is 385 g/mol. The number of ether oxygens (including phenoxy) is 2. The van der Waals surface area contributed by atoms with Crippen molar-refractivity contribution in [3.05, 3.63) is 88.7 Å². The molecule has 3 aromatic rings. The largest absolute Gasteiger partial charge is 0.494 e. The molecule has 0 radical (unpaired) electrons. The maximum atomic E-state index is 13.8. The minimum absolute atomic E-state index is 0.0370. The Bertz CT molecular complexity index is 1090. The molecule has 5 nitrogen and oxygen atoms in total. The van der Waals surface area contributed by atoms with Crippen molar-refractivity contribution < 1.29 is 23.5 Å². The van der Waals surface area contributed by atoms with Gasteiger partial charge in [-0.2, -0.15) is 0 Å². The van der Waals surface area contributed by atoms with Crippen LogP contribution in [0.2, 0.25) is 0 Å². The number of halogens is 1. The Hall–Kier alpha value is -3.67. The van der Waals surface area contributed by atoms with Crippen LogP contribution in [0.1, 0.15) is 31.8 Å². The third-order valence-corrected chi connectivity index (χ3v) is 4.83. The van der Waals surface area contributed by atoms with E-state index >= 15 is 0 Å². The quantitative estimate of drug-likeness (QED) is 0.429. The molecule has 3 aromatic carbocycles. The standard InChI is InChI=1S/C24H22FNO4/c1-15-7-6-10-20(16(15)2)26-21-9-5-4-8-18(21)24(28)30-14-22(27)17-11-12-23(29-3)19(25)13-17/h4-13,26H,14H2,1-3H3. The molecule has 0 aliphatic rings. The zero-order valence-electron chi connectivity index (χ0n) is 17.0. The summed E-state index contributed by atoms with van der Waals surface area (Å²) in [5, 5.41) is 3.25. The number of para-hydroxylation sites is 1. The minimum Gasteiger partial charge on any atom is -0.494 e. The molecule has 0 aromatic heterocycles. The SMILES string of the molecule is COc1ccc(C(=O)COC(=O)c2ccccc2Nc2cccc(C)c2C)cc1F. The van der Waals surface area contributed by atoms with E-state index in [2.05, 4.69) is 5.32 Å². The van der Waals surface area contributed by atoms with Crippen LogP contribution in [0.3, 0.4) is 0 Å². The van der Waals surface area contributed by atoms with Crippen molar-refractivity contribution in [1.29, 1.82) is 0 Å². The molecule has 0 saturated carbocycles. The number of esters is 1. The summed E-state index contributed by atoms with van der Waals surface area (Å²) < 4.78 is 23.8. The first-order valence-corrected chi connectivity index (χ1v) is 9.37. The third-order valence-electron chi connectivity index (χ3n) is 4.83. The molecule has 0 spiro atoms. The van der Waals surface area contributed by atoms with Crippen LogP contribution in [-0.2, 0) is 4.74 Å². The molecule has 0 unspecified atom stereocenters. The Balaban J connectivity index is 1.72. The molecule has 30 heavy (non-hydrogen) atoms. The zero-order valence-corrected chi connectivity index (χ0v) is 17.0. The highest BCUT2D eigenvalue weighted by Crippen LogP contribution is 2.26. The molecule has 0 aliphatic heterocycles. The number of carbonyl (C=O) groups excluding carboxylic acids is 2. The fourth-order valence-corrected chi connectivity index (χ4v) is 2.93. The van der Waals surface area contributed by atoms with Crippen molar-refractivity contribution in [3.63, 3.8) is 0 Å². The molecule has 0 atom stereocenters. The van der Waals surface area contributed by atoms with Gasteiger partial charge in [0, 0.05) is 11.3 Å². The lowest BCUT2D eigenvalue weighted by molar-refractivity contribution is 0.0475. The van der Waals surface area contributed by atoms with Gasteiger partial charge in [-0.1, -0.05) is 24.3 Å². The number of ketones is 1. The number of rotatable bonds is 7. The van der Waals surface area contributed by atoms with Gasteiger partial charge < -0.3 is 14.8 Å². The Morgan fingerprint density at radius 3 is 2.43 bits per heavy atom. The summed E-state index contributed by atoms with van der Waals surface area (Å²) in [6, 6.07) is 16.6. The second-order valence-corrected chi connectivity index (χ2v) is 6.77. The fourth-order valence-electron chi connectivity index (χ4n) is 2.93. The average Bonchev–Trinajstić information content (AvgIpc) is 2.75. The Kier molecular flexibility index (Phi) is 6.47. The first-order chi connectivity index (χ1) is 14.4. The van der Waals surface area contributed by atoms with Crippen LogP contribution in [0.4, 0.5) is 15.8 Å². The Morgan fingerprint density at radius 2 is 1.70 bits per heavy atom. The van der Waals surface area contributed by atoms with Gasteiger partial charge in [-0.3, -0.25) is 4.79 Å². The second-order valence-electron chi connectivity index (χ2n) is 6.77. The van der Waals surface area contributed by atoms with Crippen molar-refractivity contribution in [2.75, 3.05) is 19.0 Å². The van der Waals surface area contributed by atoms with Crippen LogP contribution in [0.5, 0.6) is 5.75 Å². The zero-order chi connectivity index (χ0) is 21.7. The number of carbonyl (C=O) groups is 2. The summed E-state index contributed by atoms with van der Waals surface area (Å²) in [6.45, 7) is 3.50. The van der Waals surface area contributed by atoms with Crippen LogP contribution in [0.15, 0.2) is 60.7 Å². The highest BCUT2D eigenvalue weighted by Gasteiger charge is 2.17. The van der Waals surface area contributed by atoms with Gasteiger partial charge in [0.25, 0.3) is 0 Å². The number of aryl methyl sites for hydroxylation is 1. The highest BCUT2D eigenvalue weighted by molar-refractivity contribution is 6.01. The summed E-state index contributed by atoms with van der Waals surface area (Å²) >= 11 is 0. The number of nitrogens with one attached hydrogen (secondary N) is 1. The van der Waals surface area contributed by atoms with Gasteiger partial charge in [0.15, 0.2) is 24.0 Å². The molecule has 0 bridgehead atoms. The normalized spacial score (nSPS) is 10.4. The lowest BCUT2D eigenvalue weighted by atomic mass is 10.1. The van der Waals surface area contributed by atoms with Crippen molar-refractivity contribution in [1.82, 2.24) is 0 Å². The van der Waals surface area contributed by atoms with Crippen molar-refractivity contribution >= 4 is 23.1 Å². The number of hydrogen-bond acceptors (Lipinski definition) is 5. The van der Waals surface area contributed by atoms with E-state index in [9.17, 15) is 14.0 Å². The number of hydrogen-bond donors (Lipinski definition) is 1. The lowest BCUT2D eigenvalue weighted by Crippen LogP contribution is -2.15. The number of anilines is 2. The summed E-state index contributed by atoms with van der Waals surface area (Å²) in [5.74, 6) is -1.77. The number of Topliss-reactive ketones (excluding diaryl/α,β-unsaturated/α-hetero) is 1. The third kappa shape index (κ3) is 4.66. The van der Waals surface area contributed by atoms with E-state index in [1.54, 1.807) is 24.3 Å². The maximum Gasteiger partial charge on any atom is 0.340 e. The topological polar surface area (TPSA) is 64.6 Å². The Morgan fingerprint density at radius 1 is 0.967 bits per heavy atom. The maximum absolute atomic E-state index is 13.8. The summed E-state index contributed by atoms with van der Waals surface area (Å²) in [4.78, 5) is 24.9. The summed E-state index contributed by atoms with van der Waals surface area (Å²) in [6.07, 6.45) is 0. The van der Waals surface area contributed by atoms with E-state index in [4.69, 9.17) is 9.47 Å². The van der Waals surface area contributed by atoms with E-state index in [-0.39, 0.29) is 11.3 Å². The van der Waals surface area contributed by atoms with Crippen molar-refractivity contribution in [2.24, 2.45) is 0 Å². The molecule has 0 fully saturated rings. The van der Waals surface area contributed by atoms with Gasteiger partial charge in [0.05, 0.1) is 18.4 Å². The van der Waals surface area contributed by atoms with Gasteiger partial charge >= 0.3 is 5.97 Å². The van der Waals surface area contributed by atoms with Crippen LogP contribution >= 0.6 is 0 Å². The average molecular weight is 407 g/mol. The molecule has 1 N–H and O–H groups in total. The number of benzene rings is 3. The smallest absolute Gasteiger partial charge is 0.340 e.